The zero-order valence-corrected chi connectivity index (χ0v) is 14.4. The molecule has 1 heterocycles. The molecule has 1 saturated heterocycles. The minimum absolute atomic E-state index is 0.393. The number of nitrogens with one attached hydrogen (secondary N) is 1. The second-order valence-electron chi connectivity index (χ2n) is 7.39. The molecular formula is C17H36N2O. The number of likely N-dealkylation sites (tertiary alicyclic amines) is 1. The Bertz CT molecular complexity index is 255. The van der Waals surface area contributed by atoms with Gasteiger partial charge in [-0.1, -0.05) is 27.7 Å². The van der Waals surface area contributed by atoms with Crippen LogP contribution < -0.4 is 5.32 Å². The highest BCUT2D eigenvalue weighted by atomic mass is 16.5. The van der Waals surface area contributed by atoms with E-state index in [0.29, 0.717) is 5.41 Å². The summed E-state index contributed by atoms with van der Waals surface area (Å²) in [6.45, 7) is 16.2. The molecule has 1 N–H and O–H groups in total. The van der Waals surface area contributed by atoms with Crippen LogP contribution in [0.2, 0.25) is 0 Å². The molecule has 0 spiro atoms. The molecule has 3 nitrogen and oxygen atoms in total. The van der Waals surface area contributed by atoms with Crippen molar-refractivity contribution < 1.29 is 4.74 Å². The number of piperidine rings is 1. The molecule has 1 rings (SSSR count). The van der Waals surface area contributed by atoms with Crippen molar-refractivity contribution in [2.24, 2.45) is 17.3 Å². The molecule has 1 fully saturated rings. The van der Waals surface area contributed by atoms with Gasteiger partial charge in [-0.2, -0.15) is 0 Å². The molecule has 2 unspecified atom stereocenters. The summed E-state index contributed by atoms with van der Waals surface area (Å²) < 4.78 is 5.34. The SMILES string of the molecule is CCC(C)(CNCC(C)C)CN1CCCC(COC)C1. The van der Waals surface area contributed by atoms with Gasteiger partial charge in [-0.05, 0) is 49.6 Å². The van der Waals surface area contributed by atoms with Crippen LogP contribution in [0.4, 0.5) is 0 Å². The van der Waals surface area contributed by atoms with Crippen LogP contribution in [-0.2, 0) is 4.74 Å². The summed E-state index contributed by atoms with van der Waals surface area (Å²) in [6.07, 6.45) is 3.90. The van der Waals surface area contributed by atoms with Crippen LogP contribution in [0, 0.1) is 17.3 Å². The van der Waals surface area contributed by atoms with E-state index in [1.165, 1.54) is 38.9 Å². The number of nitrogens with zero attached hydrogens (tertiary/aromatic N) is 1. The van der Waals surface area contributed by atoms with E-state index in [0.717, 1.165) is 31.5 Å². The highest BCUT2D eigenvalue weighted by molar-refractivity contribution is 4.83. The zero-order valence-electron chi connectivity index (χ0n) is 14.4. The lowest BCUT2D eigenvalue weighted by Crippen LogP contribution is -2.46. The van der Waals surface area contributed by atoms with E-state index in [1.807, 2.05) is 7.11 Å². The third-order valence-electron chi connectivity index (χ3n) is 4.57. The van der Waals surface area contributed by atoms with Crippen molar-refractivity contribution >= 4 is 0 Å². The lowest BCUT2D eigenvalue weighted by molar-refractivity contribution is 0.0651. The van der Waals surface area contributed by atoms with Crippen LogP contribution >= 0.6 is 0 Å². The van der Waals surface area contributed by atoms with Gasteiger partial charge in [0.05, 0.1) is 6.61 Å². The van der Waals surface area contributed by atoms with Gasteiger partial charge in [0.2, 0.25) is 0 Å². The van der Waals surface area contributed by atoms with Gasteiger partial charge in [0.1, 0.15) is 0 Å². The van der Waals surface area contributed by atoms with E-state index in [4.69, 9.17) is 4.74 Å². The standard InChI is InChI=1S/C17H36N2O/c1-6-17(4,13-18-10-15(2)3)14-19-9-7-8-16(11-19)12-20-5/h15-16,18H,6-14H2,1-5H3. The molecule has 0 amide bonds. The lowest BCUT2D eigenvalue weighted by Gasteiger charge is -2.39. The number of rotatable bonds is 9. The van der Waals surface area contributed by atoms with E-state index in [2.05, 4.69) is 37.9 Å². The normalized spacial score (nSPS) is 24.0. The van der Waals surface area contributed by atoms with Crippen molar-refractivity contribution in [1.29, 1.82) is 0 Å². The summed E-state index contributed by atoms with van der Waals surface area (Å²) in [5.74, 6) is 1.47. The van der Waals surface area contributed by atoms with Gasteiger partial charge in [0, 0.05) is 26.7 Å². The van der Waals surface area contributed by atoms with Crippen molar-refractivity contribution in [3.8, 4) is 0 Å². The van der Waals surface area contributed by atoms with E-state index < -0.39 is 0 Å². The summed E-state index contributed by atoms with van der Waals surface area (Å²) in [4.78, 5) is 2.66. The second-order valence-corrected chi connectivity index (χ2v) is 7.39. The molecule has 0 aromatic carbocycles. The van der Waals surface area contributed by atoms with Crippen LogP contribution in [-0.4, -0.2) is 51.3 Å². The molecule has 0 aromatic rings. The zero-order chi connectivity index (χ0) is 15.0. The van der Waals surface area contributed by atoms with Crippen LogP contribution in [0.1, 0.15) is 47.0 Å². The average Bonchev–Trinajstić information content (AvgIpc) is 2.39. The van der Waals surface area contributed by atoms with Crippen LogP contribution in [0.5, 0.6) is 0 Å². The number of methoxy groups -OCH3 is 1. The minimum atomic E-state index is 0.393. The predicted molar refractivity (Wildman–Crippen MR) is 87.1 cm³/mol. The number of hydrogen-bond acceptors (Lipinski definition) is 3. The van der Waals surface area contributed by atoms with Crippen LogP contribution in [0.3, 0.4) is 0 Å². The Kier molecular flexibility index (Phi) is 8.08. The van der Waals surface area contributed by atoms with E-state index >= 15 is 0 Å². The maximum Gasteiger partial charge on any atom is 0.0502 e. The molecule has 1 aliphatic heterocycles. The monoisotopic (exact) mass is 284 g/mol. The molecule has 2 atom stereocenters. The first-order valence-corrected chi connectivity index (χ1v) is 8.41. The molecule has 3 heteroatoms. The van der Waals surface area contributed by atoms with Gasteiger partial charge in [0.15, 0.2) is 0 Å². The number of hydrogen-bond donors (Lipinski definition) is 1. The summed E-state index contributed by atoms with van der Waals surface area (Å²) in [5.41, 5.74) is 0.393. The first-order chi connectivity index (χ1) is 9.49. The smallest absolute Gasteiger partial charge is 0.0502 e. The molecule has 0 bridgehead atoms. The Morgan fingerprint density at radius 1 is 1.40 bits per heavy atom. The first kappa shape index (κ1) is 17.9. The molecule has 0 saturated carbocycles. The quantitative estimate of drug-likeness (QED) is 0.704. The fourth-order valence-electron chi connectivity index (χ4n) is 3.16. The summed E-state index contributed by atoms with van der Waals surface area (Å²) in [6, 6.07) is 0. The largest absolute Gasteiger partial charge is 0.384 e. The third-order valence-corrected chi connectivity index (χ3v) is 4.57. The highest BCUT2D eigenvalue weighted by Gasteiger charge is 2.28. The molecule has 0 radical (unpaired) electrons. The van der Waals surface area contributed by atoms with Gasteiger partial charge >= 0.3 is 0 Å². The van der Waals surface area contributed by atoms with Crippen molar-refractivity contribution in [2.75, 3.05) is 46.4 Å². The summed E-state index contributed by atoms with van der Waals surface area (Å²) >= 11 is 0. The predicted octanol–water partition coefficient (Wildman–Crippen LogP) is 3.01. The van der Waals surface area contributed by atoms with Crippen molar-refractivity contribution in [3.05, 3.63) is 0 Å². The van der Waals surface area contributed by atoms with E-state index in [-0.39, 0.29) is 0 Å². The topological polar surface area (TPSA) is 24.5 Å². The maximum absolute atomic E-state index is 5.34. The van der Waals surface area contributed by atoms with Gasteiger partial charge < -0.3 is 15.0 Å². The van der Waals surface area contributed by atoms with Crippen molar-refractivity contribution in [3.63, 3.8) is 0 Å². The van der Waals surface area contributed by atoms with E-state index in [1.54, 1.807) is 0 Å². The Hall–Kier alpha value is -0.120. The van der Waals surface area contributed by atoms with E-state index in [9.17, 15) is 0 Å². The molecule has 0 aromatic heterocycles. The fraction of sp³-hybridized carbons (Fsp3) is 1.00. The first-order valence-electron chi connectivity index (χ1n) is 8.41. The van der Waals surface area contributed by atoms with Gasteiger partial charge in [-0.15, -0.1) is 0 Å². The molecule has 20 heavy (non-hydrogen) atoms. The lowest BCUT2D eigenvalue weighted by atomic mass is 9.85. The Balaban J connectivity index is 2.40. The fourth-order valence-corrected chi connectivity index (χ4v) is 3.16. The third kappa shape index (κ3) is 6.55. The van der Waals surface area contributed by atoms with Gasteiger partial charge in [-0.3, -0.25) is 0 Å². The van der Waals surface area contributed by atoms with Gasteiger partial charge in [0.25, 0.3) is 0 Å². The molecule has 1 aliphatic rings. The summed E-state index contributed by atoms with van der Waals surface area (Å²) in [7, 11) is 1.82. The van der Waals surface area contributed by atoms with Gasteiger partial charge in [-0.25, -0.2) is 0 Å². The minimum Gasteiger partial charge on any atom is -0.384 e. The molecular weight excluding hydrogens is 248 g/mol. The highest BCUT2D eigenvalue weighted by Crippen LogP contribution is 2.25. The molecule has 0 aliphatic carbocycles. The average molecular weight is 284 g/mol. The van der Waals surface area contributed by atoms with Crippen LogP contribution in [0.25, 0.3) is 0 Å². The number of ether oxygens (including phenoxy) is 1. The Morgan fingerprint density at radius 2 is 2.15 bits per heavy atom. The second kappa shape index (κ2) is 9.01. The maximum atomic E-state index is 5.34. The Labute approximate surface area is 126 Å². The summed E-state index contributed by atoms with van der Waals surface area (Å²) in [5, 5.41) is 3.65. The molecule has 120 valence electrons. The van der Waals surface area contributed by atoms with Crippen molar-refractivity contribution in [2.45, 2.75) is 47.0 Å². The Morgan fingerprint density at radius 3 is 2.75 bits per heavy atom. The van der Waals surface area contributed by atoms with Crippen molar-refractivity contribution in [1.82, 2.24) is 10.2 Å². The van der Waals surface area contributed by atoms with Crippen LogP contribution in [0.15, 0.2) is 0 Å².